The molecule has 0 radical (unpaired) electrons. The summed E-state index contributed by atoms with van der Waals surface area (Å²) in [4.78, 5) is 21.8. The zero-order valence-corrected chi connectivity index (χ0v) is 9.89. The van der Waals surface area contributed by atoms with Crippen LogP contribution in [0.25, 0.3) is 0 Å². The smallest absolute Gasteiger partial charge is 0.292 e. The molecule has 1 aromatic carbocycles. The standard InChI is InChI=1S/C12H15N3O3/c16-12(8-13-7-9-5-6-9)14-10-3-1-2-4-11(10)15(17)18/h1-4,9,13H,5-8H2,(H,14,16). The number of hydrogen-bond acceptors (Lipinski definition) is 4. The molecular formula is C12H15N3O3. The fourth-order valence-corrected chi connectivity index (χ4v) is 1.64. The monoisotopic (exact) mass is 249 g/mol. The van der Waals surface area contributed by atoms with Crippen LogP contribution in [0.5, 0.6) is 0 Å². The van der Waals surface area contributed by atoms with Gasteiger partial charge >= 0.3 is 0 Å². The van der Waals surface area contributed by atoms with E-state index >= 15 is 0 Å². The highest BCUT2D eigenvalue weighted by molar-refractivity contribution is 5.94. The van der Waals surface area contributed by atoms with E-state index in [0.717, 1.165) is 6.54 Å². The van der Waals surface area contributed by atoms with Gasteiger partial charge in [0.05, 0.1) is 11.5 Å². The Bertz CT molecular complexity index is 458. The Morgan fingerprint density at radius 2 is 2.11 bits per heavy atom. The molecule has 0 bridgehead atoms. The number of nitrogens with one attached hydrogen (secondary N) is 2. The number of nitro groups is 1. The van der Waals surface area contributed by atoms with Crippen LogP contribution in [0.2, 0.25) is 0 Å². The van der Waals surface area contributed by atoms with Crippen molar-refractivity contribution in [3.05, 3.63) is 34.4 Å². The zero-order valence-electron chi connectivity index (χ0n) is 9.89. The van der Waals surface area contributed by atoms with Gasteiger partial charge < -0.3 is 10.6 Å². The van der Waals surface area contributed by atoms with E-state index in [1.807, 2.05) is 0 Å². The van der Waals surface area contributed by atoms with Gasteiger partial charge in [-0.2, -0.15) is 0 Å². The Morgan fingerprint density at radius 1 is 1.39 bits per heavy atom. The highest BCUT2D eigenvalue weighted by Crippen LogP contribution is 2.27. The molecular weight excluding hydrogens is 234 g/mol. The predicted octanol–water partition coefficient (Wildman–Crippen LogP) is 1.53. The maximum absolute atomic E-state index is 11.6. The van der Waals surface area contributed by atoms with Crippen molar-refractivity contribution >= 4 is 17.3 Å². The quantitative estimate of drug-likeness (QED) is 0.591. The first-order chi connectivity index (χ1) is 8.66. The lowest BCUT2D eigenvalue weighted by Crippen LogP contribution is -2.29. The number of benzene rings is 1. The minimum Gasteiger partial charge on any atom is -0.319 e. The average molecular weight is 249 g/mol. The van der Waals surface area contributed by atoms with Crippen molar-refractivity contribution < 1.29 is 9.72 Å². The van der Waals surface area contributed by atoms with E-state index in [1.54, 1.807) is 12.1 Å². The Kier molecular flexibility index (Phi) is 3.88. The highest BCUT2D eigenvalue weighted by atomic mass is 16.6. The number of nitro benzene ring substituents is 1. The third-order valence-corrected chi connectivity index (χ3v) is 2.79. The number of hydrogen-bond donors (Lipinski definition) is 2. The molecule has 2 rings (SSSR count). The number of amides is 1. The van der Waals surface area contributed by atoms with E-state index < -0.39 is 4.92 Å². The van der Waals surface area contributed by atoms with Crippen molar-refractivity contribution in [2.24, 2.45) is 5.92 Å². The maximum atomic E-state index is 11.6. The van der Waals surface area contributed by atoms with E-state index in [1.165, 1.54) is 25.0 Å². The summed E-state index contributed by atoms with van der Waals surface area (Å²) in [6.45, 7) is 1.02. The van der Waals surface area contributed by atoms with Crippen LogP contribution in [0.15, 0.2) is 24.3 Å². The summed E-state index contributed by atoms with van der Waals surface area (Å²) >= 11 is 0. The Morgan fingerprint density at radius 3 is 2.78 bits per heavy atom. The van der Waals surface area contributed by atoms with Crippen molar-refractivity contribution in [2.45, 2.75) is 12.8 Å². The van der Waals surface area contributed by atoms with E-state index in [4.69, 9.17) is 0 Å². The first-order valence-electron chi connectivity index (χ1n) is 5.91. The topological polar surface area (TPSA) is 84.3 Å². The van der Waals surface area contributed by atoms with Crippen molar-refractivity contribution in [1.29, 1.82) is 0 Å². The molecule has 6 nitrogen and oxygen atoms in total. The second-order valence-corrected chi connectivity index (χ2v) is 4.40. The van der Waals surface area contributed by atoms with Gasteiger partial charge in [-0.15, -0.1) is 0 Å². The van der Waals surface area contributed by atoms with Crippen molar-refractivity contribution in [3.63, 3.8) is 0 Å². The fourth-order valence-electron chi connectivity index (χ4n) is 1.64. The van der Waals surface area contributed by atoms with Gasteiger partial charge in [-0.25, -0.2) is 0 Å². The minimum atomic E-state index is -0.507. The molecule has 0 aliphatic heterocycles. The van der Waals surface area contributed by atoms with Crippen LogP contribution in [0.1, 0.15) is 12.8 Å². The largest absolute Gasteiger partial charge is 0.319 e. The molecule has 6 heteroatoms. The van der Waals surface area contributed by atoms with Gasteiger partial charge in [0.2, 0.25) is 5.91 Å². The number of carbonyl (C=O) groups excluding carboxylic acids is 1. The van der Waals surface area contributed by atoms with Gasteiger partial charge in [0, 0.05) is 6.07 Å². The summed E-state index contributed by atoms with van der Waals surface area (Å²) < 4.78 is 0. The van der Waals surface area contributed by atoms with Gasteiger partial charge in [0.1, 0.15) is 5.69 Å². The highest BCUT2D eigenvalue weighted by Gasteiger charge is 2.21. The van der Waals surface area contributed by atoms with Gasteiger partial charge in [-0.05, 0) is 31.4 Å². The normalized spacial score (nSPS) is 14.2. The van der Waals surface area contributed by atoms with Crippen LogP contribution >= 0.6 is 0 Å². The Hall–Kier alpha value is -1.95. The Labute approximate surface area is 105 Å². The lowest BCUT2D eigenvalue weighted by molar-refractivity contribution is -0.383. The van der Waals surface area contributed by atoms with Crippen LogP contribution < -0.4 is 10.6 Å². The van der Waals surface area contributed by atoms with E-state index in [9.17, 15) is 14.9 Å². The van der Waals surface area contributed by atoms with Crippen LogP contribution in [-0.4, -0.2) is 23.9 Å². The molecule has 1 amide bonds. The van der Waals surface area contributed by atoms with E-state index in [-0.39, 0.29) is 23.8 Å². The second-order valence-electron chi connectivity index (χ2n) is 4.40. The SMILES string of the molecule is O=C(CNCC1CC1)Nc1ccccc1[N+](=O)[O-]. The molecule has 1 aliphatic rings. The molecule has 0 spiro atoms. The minimum absolute atomic E-state index is 0.0898. The van der Waals surface area contributed by atoms with Crippen molar-refractivity contribution in [1.82, 2.24) is 5.32 Å². The summed E-state index contributed by atoms with van der Waals surface area (Å²) in [7, 11) is 0. The zero-order chi connectivity index (χ0) is 13.0. The number of anilines is 1. The number of para-hydroxylation sites is 2. The number of carbonyl (C=O) groups is 1. The average Bonchev–Trinajstić information content (AvgIpc) is 3.13. The Balaban J connectivity index is 1.87. The lowest BCUT2D eigenvalue weighted by Gasteiger charge is -2.06. The lowest BCUT2D eigenvalue weighted by atomic mass is 10.2. The fraction of sp³-hybridized carbons (Fsp3) is 0.417. The van der Waals surface area contributed by atoms with Gasteiger partial charge in [-0.1, -0.05) is 12.1 Å². The van der Waals surface area contributed by atoms with Crippen LogP contribution in [0.4, 0.5) is 11.4 Å². The molecule has 1 aromatic rings. The first kappa shape index (κ1) is 12.5. The molecule has 0 atom stereocenters. The van der Waals surface area contributed by atoms with Gasteiger partial charge in [0.15, 0.2) is 0 Å². The summed E-state index contributed by atoms with van der Waals surface area (Å²) in [6.07, 6.45) is 2.44. The molecule has 96 valence electrons. The predicted molar refractivity (Wildman–Crippen MR) is 67.3 cm³/mol. The first-order valence-corrected chi connectivity index (χ1v) is 5.91. The van der Waals surface area contributed by atoms with Crippen LogP contribution in [0.3, 0.4) is 0 Å². The molecule has 18 heavy (non-hydrogen) atoms. The van der Waals surface area contributed by atoms with Crippen molar-refractivity contribution in [2.75, 3.05) is 18.4 Å². The molecule has 0 saturated heterocycles. The number of nitrogens with zero attached hydrogens (tertiary/aromatic N) is 1. The third kappa shape index (κ3) is 3.53. The molecule has 2 N–H and O–H groups in total. The summed E-state index contributed by atoms with van der Waals surface area (Å²) in [5.41, 5.74) is 0.147. The molecule has 0 heterocycles. The molecule has 1 saturated carbocycles. The third-order valence-electron chi connectivity index (χ3n) is 2.79. The van der Waals surface area contributed by atoms with E-state index in [0.29, 0.717) is 5.92 Å². The summed E-state index contributed by atoms with van der Waals surface area (Å²) in [5, 5.41) is 16.3. The maximum Gasteiger partial charge on any atom is 0.292 e. The van der Waals surface area contributed by atoms with Crippen LogP contribution in [0, 0.1) is 16.0 Å². The number of rotatable bonds is 6. The van der Waals surface area contributed by atoms with Gasteiger partial charge in [-0.3, -0.25) is 14.9 Å². The van der Waals surface area contributed by atoms with Crippen LogP contribution in [-0.2, 0) is 4.79 Å². The van der Waals surface area contributed by atoms with E-state index in [2.05, 4.69) is 10.6 Å². The molecule has 0 aromatic heterocycles. The molecule has 0 unspecified atom stereocenters. The van der Waals surface area contributed by atoms with Crippen molar-refractivity contribution in [3.8, 4) is 0 Å². The summed E-state index contributed by atoms with van der Waals surface area (Å²) in [6, 6.07) is 6.11. The molecule has 1 aliphatic carbocycles. The summed E-state index contributed by atoms with van der Waals surface area (Å²) in [5.74, 6) is 0.439. The second kappa shape index (κ2) is 5.59. The van der Waals surface area contributed by atoms with Gasteiger partial charge in [0.25, 0.3) is 5.69 Å². The molecule has 1 fully saturated rings.